The molecule has 2 heterocycles. The Labute approximate surface area is 280 Å². The quantitative estimate of drug-likeness (QED) is 0.214. The molecule has 1 N–H and O–H groups in total. The molecule has 0 spiro atoms. The first-order chi connectivity index (χ1) is 21.8. The zero-order chi connectivity index (χ0) is 31.8. The van der Waals surface area contributed by atoms with Crippen LogP contribution >= 0.6 is 35.4 Å². The molecule has 8 nitrogen and oxygen atoms in total. The largest absolute Gasteiger partial charge is 0.494 e. The minimum Gasteiger partial charge on any atom is -0.494 e. The van der Waals surface area contributed by atoms with E-state index in [1.165, 1.54) is 10.5 Å². The third-order valence-electron chi connectivity index (χ3n) is 8.06. The Kier molecular flexibility index (Phi) is 11.7. The van der Waals surface area contributed by atoms with E-state index < -0.39 is 6.04 Å². The fraction of sp³-hybridized carbons (Fsp3) is 0.382. The van der Waals surface area contributed by atoms with E-state index in [9.17, 15) is 9.59 Å². The van der Waals surface area contributed by atoms with Crippen LogP contribution in [0, 0.1) is 0 Å². The van der Waals surface area contributed by atoms with Gasteiger partial charge in [0.25, 0.3) is 5.91 Å². The van der Waals surface area contributed by atoms with Gasteiger partial charge in [0.05, 0.1) is 28.8 Å². The fourth-order valence-corrected chi connectivity index (χ4v) is 6.37. The van der Waals surface area contributed by atoms with Gasteiger partial charge in [-0.05, 0) is 79.6 Å². The molecule has 0 saturated carbocycles. The highest BCUT2D eigenvalue weighted by Crippen LogP contribution is 2.32. The summed E-state index contributed by atoms with van der Waals surface area (Å²) in [5.41, 5.74) is 2.50. The van der Waals surface area contributed by atoms with E-state index in [-0.39, 0.29) is 18.2 Å². The number of carbonyl (C=O) groups is 2. The van der Waals surface area contributed by atoms with Crippen molar-refractivity contribution in [2.24, 2.45) is 0 Å². The van der Waals surface area contributed by atoms with E-state index in [4.69, 9.17) is 40.2 Å². The van der Waals surface area contributed by atoms with Gasteiger partial charge in [-0.15, -0.1) is 0 Å². The van der Waals surface area contributed by atoms with Crippen molar-refractivity contribution in [3.8, 4) is 5.75 Å². The number of hydrogen-bond acceptors (Lipinski definition) is 6. The summed E-state index contributed by atoms with van der Waals surface area (Å²) >= 11 is 18.3. The van der Waals surface area contributed by atoms with Crippen LogP contribution in [0.2, 0.25) is 10.0 Å². The highest BCUT2D eigenvalue weighted by molar-refractivity contribution is 7.80. The zero-order valence-corrected chi connectivity index (χ0v) is 27.8. The zero-order valence-electron chi connectivity index (χ0n) is 25.5. The van der Waals surface area contributed by atoms with Crippen LogP contribution in [0.5, 0.6) is 5.75 Å². The molecule has 0 radical (unpaired) electrons. The van der Waals surface area contributed by atoms with Crippen LogP contribution in [0.3, 0.4) is 0 Å². The Morgan fingerprint density at radius 3 is 2.33 bits per heavy atom. The van der Waals surface area contributed by atoms with Gasteiger partial charge in [0, 0.05) is 45.0 Å². The standard InChI is InChI=1S/C34H39Cl2N5O3S/c1-2-21-44-28-12-9-26(10-13-28)37-32(42)23-31-33(43)41(27-11-14-29(35)30(36)22-27)34(45)40(31)16-6-15-38-17-19-39(20-18-38)24-25-7-4-3-5-8-25/h3-5,7-14,22,31H,2,6,15-21,23-24H2,1H3,(H,37,42)/t31-/m0/s1. The van der Waals surface area contributed by atoms with Crippen molar-refractivity contribution >= 4 is 63.7 Å². The maximum atomic E-state index is 13.8. The SMILES string of the molecule is CCCOc1ccc(NC(=O)C[C@H]2C(=O)N(c3ccc(Cl)c(Cl)c3)C(=S)N2CCCN2CCN(Cc3ccccc3)CC2)cc1. The molecule has 1 atom stereocenters. The molecule has 3 aromatic carbocycles. The van der Waals surface area contributed by atoms with Crippen molar-refractivity contribution in [2.45, 2.75) is 38.8 Å². The monoisotopic (exact) mass is 667 g/mol. The summed E-state index contributed by atoms with van der Waals surface area (Å²) in [7, 11) is 0. The second-order valence-corrected chi connectivity index (χ2v) is 12.5. The molecule has 2 saturated heterocycles. The third-order valence-corrected chi connectivity index (χ3v) is 9.21. The number of hydrogen-bond donors (Lipinski definition) is 1. The van der Waals surface area contributed by atoms with Crippen molar-refractivity contribution in [3.63, 3.8) is 0 Å². The second-order valence-electron chi connectivity index (χ2n) is 11.3. The maximum Gasteiger partial charge on any atom is 0.256 e. The van der Waals surface area contributed by atoms with Gasteiger partial charge < -0.3 is 19.9 Å². The van der Waals surface area contributed by atoms with Crippen LogP contribution in [0.1, 0.15) is 31.7 Å². The summed E-state index contributed by atoms with van der Waals surface area (Å²) in [5.74, 6) is 0.215. The molecule has 11 heteroatoms. The predicted octanol–water partition coefficient (Wildman–Crippen LogP) is 6.32. The molecule has 0 aliphatic carbocycles. The Balaban J connectivity index is 1.21. The lowest BCUT2D eigenvalue weighted by Crippen LogP contribution is -2.47. The van der Waals surface area contributed by atoms with E-state index in [2.05, 4.69) is 39.4 Å². The number of nitrogens with zero attached hydrogens (tertiary/aromatic N) is 4. The average Bonchev–Trinajstić information content (AvgIpc) is 3.27. The lowest BCUT2D eigenvalue weighted by Gasteiger charge is -2.35. The van der Waals surface area contributed by atoms with Crippen LogP contribution in [0.4, 0.5) is 11.4 Å². The number of nitrogens with one attached hydrogen (secondary N) is 1. The summed E-state index contributed by atoms with van der Waals surface area (Å²) < 4.78 is 5.64. The molecule has 2 fully saturated rings. The molecule has 2 aliphatic rings. The number of ether oxygens (including phenoxy) is 1. The highest BCUT2D eigenvalue weighted by Gasteiger charge is 2.44. The predicted molar refractivity (Wildman–Crippen MR) is 185 cm³/mol. The molecule has 45 heavy (non-hydrogen) atoms. The van der Waals surface area contributed by atoms with Gasteiger partial charge in [0.2, 0.25) is 5.91 Å². The molecule has 2 aliphatic heterocycles. The van der Waals surface area contributed by atoms with Crippen LogP contribution in [0.25, 0.3) is 0 Å². The summed E-state index contributed by atoms with van der Waals surface area (Å²) in [6.45, 7) is 9.06. The third kappa shape index (κ3) is 8.74. The van der Waals surface area contributed by atoms with E-state index in [1.54, 1.807) is 30.3 Å². The lowest BCUT2D eigenvalue weighted by molar-refractivity contribution is -0.124. The summed E-state index contributed by atoms with van der Waals surface area (Å²) in [6.07, 6.45) is 1.68. The van der Waals surface area contributed by atoms with Gasteiger partial charge >= 0.3 is 0 Å². The van der Waals surface area contributed by atoms with Crippen molar-refractivity contribution < 1.29 is 14.3 Å². The second kappa shape index (κ2) is 15.9. The van der Waals surface area contributed by atoms with Gasteiger partial charge in [-0.2, -0.15) is 0 Å². The molecule has 0 bridgehead atoms. The number of rotatable bonds is 13. The van der Waals surface area contributed by atoms with Gasteiger partial charge in [-0.1, -0.05) is 60.5 Å². The molecule has 5 rings (SSSR count). The first-order valence-electron chi connectivity index (χ1n) is 15.4. The van der Waals surface area contributed by atoms with Crippen LogP contribution < -0.4 is 15.0 Å². The minimum atomic E-state index is -0.734. The topological polar surface area (TPSA) is 68.4 Å². The van der Waals surface area contributed by atoms with Crippen LogP contribution in [-0.4, -0.2) is 83.5 Å². The van der Waals surface area contributed by atoms with Crippen molar-refractivity contribution in [3.05, 3.63) is 88.4 Å². The van der Waals surface area contributed by atoms with Gasteiger partial charge in [-0.25, -0.2) is 0 Å². The van der Waals surface area contributed by atoms with Crippen LogP contribution in [-0.2, 0) is 16.1 Å². The first kappa shape index (κ1) is 33.2. The average molecular weight is 669 g/mol. The number of carbonyl (C=O) groups excluding carboxylic acids is 2. The number of halogens is 2. The Morgan fingerprint density at radius 2 is 1.64 bits per heavy atom. The summed E-state index contributed by atoms with van der Waals surface area (Å²) in [6, 6.07) is 22.0. The number of benzene rings is 3. The highest BCUT2D eigenvalue weighted by atomic mass is 35.5. The van der Waals surface area contributed by atoms with Crippen LogP contribution in [0.15, 0.2) is 72.8 Å². The van der Waals surface area contributed by atoms with E-state index in [1.807, 2.05) is 30.0 Å². The Morgan fingerprint density at radius 1 is 0.933 bits per heavy atom. The smallest absolute Gasteiger partial charge is 0.256 e. The summed E-state index contributed by atoms with van der Waals surface area (Å²) in [4.78, 5) is 35.3. The molecule has 3 aromatic rings. The van der Waals surface area contributed by atoms with Gasteiger partial charge in [0.15, 0.2) is 5.11 Å². The summed E-state index contributed by atoms with van der Waals surface area (Å²) in [5, 5.41) is 4.00. The number of thiocarbonyl (C=S) groups is 1. The van der Waals surface area contributed by atoms with Gasteiger partial charge in [-0.3, -0.25) is 19.4 Å². The lowest BCUT2D eigenvalue weighted by atomic mass is 10.1. The fourth-order valence-electron chi connectivity index (χ4n) is 5.67. The normalized spacial score (nSPS) is 17.6. The minimum absolute atomic E-state index is 0.0386. The Bertz CT molecular complexity index is 1470. The van der Waals surface area contributed by atoms with E-state index in [0.29, 0.717) is 39.7 Å². The number of piperazine rings is 1. The molecule has 0 unspecified atom stereocenters. The molecular formula is C34H39Cl2N5O3S. The first-order valence-corrected chi connectivity index (χ1v) is 16.6. The molecule has 2 amide bonds. The number of anilines is 2. The molecule has 0 aromatic heterocycles. The van der Waals surface area contributed by atoms with Crippen molar-refractivity contribution in [2.75, 3.05) is 56.1 Å². The number of amides is 2. The van der Waals surface area contributed by atoms with Gasteiger partial charge in [0.1, 0.15) is 11.8 Å². The van der Waals surface area contributed by atoms with E-state index in [0.717, 1.165) is 57.9 Å². The van der Waals surface area contributed by atoms with Crippen molar-refractivity contribution in [1.29, 1.82) is 0 Å². The molecular weight excluding hydrogens is 629 g/mol. The maximum absolute atomic E-state index is 13.8. The Hall–Kier alpha value is -3.21. The molecule has 238 valence electrons. The van der Waals surface area contributed by atoms with E-state index >= 15 is 0 Å². The van der Waals surface area contributed by atoms with Crippen molar-refractivity contribution in [1.82, 2.24) is 14.7 Å².